The molecule has 0 spiro atoms. The van der Waals surface area contributed by atoms with E-state index in [1.807, 2.05) is 42.9 Å². The van der Waals surface area contributed by atoms with Crippen LogP contribution in [0.4, 0.5) is 5.69 Å². The second-order valence-corrected chi connectivity index (χ2v) is 9.53. The molecule has 2 heterocycles. The zero-order valence-corrected chi connectivity index (χ0v) is 19.6. The van der Waals surface area contributed by atoms with Gasteiger partial charge in [0.05, 0.1) is 11.9 Å². The largest absolute Gasteiger partial charge is 0.374 e. The maximum absolute atomic E-state index is 6.14. The van der Waals surface area contributed by atoms with E-state index >= 15 is 0 Å². The molecule has 0 unspecified atom stereocenters. The van der Waals surface area contributed by atoms with Crippen LogP contribution in [-0.4, -0.2) is 39.9 Å². The zero-order valence-electron chi connectivity index (χ0n) is 18.0. The summed E-state index contributed by atoms with van der Waals surface area (Å²) in [7, 11) is 2.11. The van der Waals surface area contributed by atoms with Crippen molar-refractivity contribution >= 4 is 29.1 Å². The first-order valence-electron chi connectivity index (χ1n) is 11.0. The van der Waals surface area contributed by atoms with Gasteiger partial charge in [-0.15, -0.1) is 0 Å². The molecule has 1 N–H and O–H groups in total. The van der Waals surface area contributed by atoms with Crippen LogP contribution in [0.15, 0.2) is 60.1 Å². The molecule has 0 bridgehead atoms. The first kappa shape index (κ1) is 22.2. The molecule has 4 rings (SSSR count). The van der Waals surface area contributed by atoms with Crippen LogP contribution in [0.1, 0.15) is 37.8 Å². The third-order valence-electron chi connectivity index (χ3n) is 5.83. The molecule has 0 saturated heterocycles. The standard InChI is InChI=1S/C24H30ClN5S/c1-29(21-11-13-26-14-12-21)15-16-31-24-28-18-23(17-27-20-5-3-2-4-6-20)30(24)22-9-7-19(25)8-10-22/h7-14,18,20,27H,2-6,15-17H2,1H3. The van der Waals surface area contributed by atoms with Crippen LogP contribution in [-0.2, 0) is 6.54 Å². The molecule has 1 fully saturated rings. The molecular weight excluding hydrogens is 426 g/mol. The van der Waals surface area contributed by atoms with E-state index in [1.165, 1.54) is 43.5 Å². The summed E-state index contributed by atoms with van der Waals surface area (Å²) in [5.41, 5.74) is 3.47. The van der Waals surface area contributed by atoms with E-state index in [0.29, 0.717) is 6.04 Å². The highest BCUT2D eigenvalue weighted by atomic mass is 35.5. The van der Waals surface area contributed by atoms with Crippen LogP contribution in [0.25, 0.3) is 5.69 Å². The number of anilines is 1. The van der Waals surface area contributed by atoms with Crippen molar-refractivity contribution in [1.82, 2.24) is 19.9 Å². The quantitative estimate of drug-likeness (QED) is 0.427. The van der Waals surface area contributed by atoms with Crippen LogP contribution in [0.2, 0.25) is 5.02 Å². The fourth-order valence-electron chi connectivity index (χ4n) is 4.02. The molecule has 31 heavy (non-hydrogen) atoms. The number of nitrogens with zero attached hydrogens (tertiary/aromatic N) is 4. The van der Waals surface area contributed by atoms with Gasteiger partial charge >= 0.3 is 0 Å². The van der Waals surface area contributed by atoms with Crippen molar-refractivity contribution in [3.63, 3.8) is 0 Å². The third-order valence-corrected chi connectivity index (χ3v) is 7.01. The highest BCUT2D eigenvalue weighted by Gasteiger charge is 2.16. The van der Waals surface area contributed by atoms with Crippen LogP contribution in [0.5, 0.6) is 0 Å². The molecular formula is C24H30ClN5S. The lowest BCUT2D eigenvalue weighted by Crippen LogP contribution is -2.31. The van der Waals surface area contributed by atoms with Crippen molar-refractivity contribution in [2.75, 3.05) is 24.2 Å². The van der Waals surface area contributed by atoms with Crippen molar-refractivity contribution in [2.45, 2.75) is 49.8 Å². The lowest BCUT2D eigenvalue weighted by Gasteiger charge is -2.23. The Morgan fingerprint density at radius 1 is 1.10 bits per heavy atom. The Morgan fingerprint density at radius 2 is 1.84 bits per heavy atom. The molecule has 0 amide bonds. The predicted octanol–water partition coefficient (Wildman–Crippen LogP) is 5.57. The molecule has 1 saturated carbocycles. The molecule has 3 aromatic rings. The monoisotopic (exact) mass is 455 g/mol. The van der Waals surface area contributed by atoms with Gasteiger partial charge in [0.2, 0.25) is 0 Å². The van der Waals surface area contributed by atoms with E-state index in [0.717, 1.165) is 34.7 Å². The number of aromatic nitrogens is 3. The van der Waals surface area contributed by atoms with E-state index in [-0.39, 0.29) is 0 Å². The second-order valence-electron chi connectivity index (χ2n) is 8.04. The molecule has 1 aromatic carbocycles. The van der Waals surface area contributed by atoms with Crippen LogP contribution < -0.4 is 10.2 Å². The van der Waals surface area contributed by atoms with Crippen molar-refractivity contribution in [3.8, 4) is 5.69 Å². The molecule has 164 valence electrons. The summed E-state index contributed by atoms with van der Waals surface area (Å²) >= 11 is 7.92. The molecule has 1 aliphatic rings. The summed E-state index contributed by atoms with van der Waals surface area (Å²) in [6.07, 6.45) is 12.3. The minimum atomic E-state index is 0.618. The SMILES string of the molecule is CN(CCSc1ncc(CNC2CCCCC2)n1-c1ccc(Cl)cc1)c1ccncc1. The number of imidazole rings is 1. The van der Waals surface area contributed by atoms with Crippen LogP contribution in [0, 0.1) is 0 Å². The van der Waals surface area contributed by atoms with Crippen molar-refractivity contribution in [2.24, 2.45) is 0 Å². The number of pyridine rings is 1. The van der Waals surface area contributed by atoms with E-state index in [9.17, 15) is 0 Å². The summed E-state index contributed by atoms with van der Waals surface area (Å²) in [5.74, 6) is 0.943. The molecule has 5 nitrogen and oxygen atoms in total. The van der Waals surface area contributed by atoms with Gasteiger partial charge in [0, 0.05) is 60.7 Å². The summed E-state index contributed by atoms with van der Waals surface area (Å²) in [4.78, 5) is 11.1. The minimum Gasteiger partial charge on any atom is -0.374 e. The highest BCUT2D eigenvalue weighted by molar-refractivity contribution is 7.99. The number of halogens is 1. The molecule has 0 aliphatic heterocycles. The third kappa shape index (κ3) is 6.03. The first-order valence-corrected chi connectivity index (χ1v) is 12.4. The molecule has 2 aromatic heterocycles. The van der Waals surface area contributed by atoms with Gasteiger partial charge in [-0.05, 0) is 49.2 Å². The van der Waals surface area contributed by atoms with Gasteiger partial charge in [-0.1, -0.05) is 42.6 Å². The maximum Gasteiger partial charge on any atom is 0.172 e. The van der Waals surface area contributed by atoms with Crippen LogP contribution in [0.3, 0.4) is 0 Å². The van der Waals surface area contributed by atoms with E-state index in [4.69, 9.17) is 16.6 Å². The van der Waals surface area contributed by atoms with Gasteiger partial charge in [0.25, 0.3) is 0 Å². The van der Waals surface area contributed by atoms with E-state index < -0.39 is 0 Å². The Morgan fingerprint density at radius 3 is 2.58 bits per heavy atom. The zero-order chi connectivity index (χ0) is 21.5. The Labute approximate surface area is 194 Å². The average molecular weight is 456 g/mol. The summed E-state index contributed by atoms with van der Waals surface area (Å²) in [5, 5.41) is 5.53. The number of thioether (sulfide) groups is 1. The van der Waals surface area contributed by atoms with Gasteiger partial charge in [0.1, 0.15) is 0 Å². The number of benzene rings is 1. The van der Waals surface area contributed by atoms with Crippen molar-refractivity contribution < 1.29 is 0 Å². The molecule has 0 atom stereocenters. The lowest BCUT2D eigenvalue weighted by molar-refractivity contribution is 0.370. The molecule has 7 heteroatoms. The van der Waals surface area contributed by atoms with Gasteiger partial charge in [-0.3, -0.25) is 9.55 Å². The highest BCUT2D eigenvalue weighted by Crippen LogP contribution is 2.26. The fourth-order valence-corrected chi connectivity index (χ4v) is 5.17. The predicted molar refractivity (Wildman–Crippen MR) is 131 cm³/mol. The maximum atomic E-state index is 6.14. The summed E-state index contributed by atoms with van der Waals surface area (Å²) < 4.78 is 2.27. The Balaban J connectivity index is 1.45. The second kappa shape index (κ2) is 11.0. The number of hydrogen-bond acceptors (Lipinski definition) is 5. The average Bonchev–Trinajstić information content (AvgIpc) is 3.22. The van der Waals surface area contributed by atoms with E-state index in [1.54, 1.807) is 11.8 Å². The first-order chi connectivity index (χ1) is 15.2. The number of hydrogen-bond donors (Lipinski definition) is 1. The smallest absolute Gasteiger partial charge is 0.172 e. The Bertz CT molecular complexity index is 938. The fraction of sp³-hybridized carbons (Fsp3) is 0.417. The van der Waals surface area contributed by atoms with Crippen molar-refractivity contribution in [3.05, 3.63) is 65.7 Å². The minimum absolute atomic E-state index is 0.618. The van der Waals surface area contributed by atoms with Crippen molar-refractivity contribution in [1.29, 1.82) is 0 Å². The normalized spacial score (nSPS) is 14.6. The van der Waals surface area contributed by atoms with Gasteiger partial charge in [-0.25, -0.2) is 4.98 Å². The molecule has 0 radical (unpaired) electrons. The topological polar surface area (TPSA) is 46.0 Å². The Hall–Kier alpha value is -2.02. The number of rotatable bonds is 9. The van der Waals surface area contributed by atoms with E-state index in [2.05, 4.69) is 38.9 Å². The van der Waals surface area contributed by atoms with Gasteiger partial charge < -0.3 is 10.2 Å². The Kier molecular flexibility index (Phi) is 7.89. The van der Waals surface area contributed by atoms with Gasteiger partial charge in [-0.2, -0.15) is 0 Å². The lowest BCUT2D eigenvalue weighted by atomic mass is 9.95. The summed E-state index contributed by atoms with van der Waals surface area (Å²) in [6, 6.07) is 12.7. The summed E-state index contributed by atoms with van der Waals surface area (Å²) in [6.45, 7) is 1.76. The molecule has 1 aliphatic carbocycles. The van der Waals surface area contributed by atoms with Crippen LogP contribution >= 0.6 is 23.4 Å². The van der Waals surface area contributed by atoms with Gasteiger partial charge in [0.15, 0.2) is 5.16 Å². The number of nitrogens with one attached hydrogen (secondary N) is 1.